The largest absolute Gasteiger partial charge is 0.497 e. The van der Waals surface area contributed by atoms with E-state index in [2.05, 4.69) is 76.3 Å². The Morgan fingerprint density at radius 2 is 1.29 bits per heavy atom. The van der Waals surface area contributed by atoms with Crippen molar-refractivity contribution in [2.75, 3.05) is 69.8 Å². The van der Waals surface area contributed by atoms with Crippen LogP contribution in [0.25, 0.3) is 0 Å². The fourth-order valence-corrected chi connectivity index (χ4v) is 7.53. The molecule has 0 saturated carbocycles. The van der Waals surface area contributed by atoms with Gasteiger partial charge in [-0.15, -0.1) is 0 Å². The van der Waals surface area contributed by atoms with Crippen LogP contribution in [-0.2, 0) is 14.3 Å². The standard InChI is InChI=1S/C50H75N13O9/c1-11-36(4)56-43(55-33-64)59-45(66)51-22-20-34(2)29-49(6,7)31-53-47(68)71-26-24-63(40-16-12-38(13-17-40)61-62-39-14-18-41(70-10)19-15-39)25-27-72-48(69)54-32-50(8,9)30-35(3)21-23-52-46(67)60-44-57-37(5)28-42(65)58-44/h11-19,28,33-35H,20-27,29-32H2,1-10H3,(H,53,68)(H,54,69)(H3,51,55,56,59,64,66)(H3,52,57,58,60,65,67)/b36-11-,62-61+. The van der Waals surface area contributed by atoms with Crippen molar-refractivity contribution in [3.63, 3.8) is 0 Å². The van der Waals surface area contributed by atoms with Crippen molar-refractivity contribution < 1.29 is 38.2 Å². The minimum Gasteiger partial charge on any atom is -0.497 e. The number of methoxy groups -OCH3 is 1. The van der Waals surface area contributed by atoms with Crippen LogP contribution in [-0.4, -0.2) is 106 Å². The Morgan fingerprint density at radius 1 is 0.778 bits per heavy atom. The van der Waals surface area contributed by atoms with E-state index in [1.165, 1.54) is 6.07 Å². The number of benzene rings is 2. The summed E-state index contributed by atoms with van der Waals surface area (Å²) in [6, 6.07) is 14.9. The number of aryl methyl sites for hydroxylation is 1. The van der Waals surface area contributed by atoms with Gasteiger partial charge in [-0.3, -0.25) is 20.2 Å². The maximum atomic E-state index is 12.9. The lowest BCUT2D eigenvalue weighted by Crippen LogP contribution is -2.45. The number of aromatic nitrogens is 2. The molecule has 394 valence electrons. The molecule has 2 aromatic carbocycles. The number of nitrogens with zero attached hydrogens (tertiary/aromatic N) is 5. The lowest BCUT2D eigenvalue weighted by molar-refractivity contribution is -0.106. The molecule has 0 aliphatic heterocycles. The molecule has 0 bridgehead atoms. The van der Waals surface area contributed by atoms with Crippen LogP contribution in [0.15, 0.2) is 86.4 Å². The summed E-state index contributed by atoms with van der Waals surface area (Å²) in [5, 5.41) is 27.9. The van der Waals surface area contributed by atoms with E-state index in [-0.39, 0.29) is 47.8 Å². The van der Waals surface area contributed by atoms with Gasteiger partial charge in [-0.05, 0) is 118 Å². The molecule has 2 unspecified atom stereocenters. The molecule has 1 aromatic heterocycles. The van der Waals surface area contributed by atoms with Crippen LogP contribution in [0.3, 0.4) is 0 Å². The van der Waals surface area contributed by atoms with Gasteiger partial charge in [0.25, 0.3) is 5.56 Å². The number of H-pyrrole nitrogens is 1. The molecule has 3 aromatic rings. The molecule has 7 amide bonds. The molecule has 0 fully saturated rings. The van der Waals surface area contributed by atoms with Crippen LogP contribution < -0.4 is 52.4 Å². The summed E-state index contributed by atoms with van der Waals surface area (Å²) < 4.78 is 16.4. The number of carbonyl (C=O) groups is 5. The molecular weight excluding hydrogens is 927 g/mol. The number of alkyl carbamates (subject to hydrolysis) is 2. The SMILES string of the molecule is C/C=C(/C)N/C(=N\C=O)NC(=O)NCCC(C)CC(C)(C)CNC(=O)OCCN(CCOC(=O)NCC(C)(C)CC(C)CCNC(=O)Nc1nc(=O)cc(C)[nH]1)c1ccc(/N=N/c2ccc(OC)cc2)cc1. The molecule has 0 aliphatic carbocycles. The highest BCUT2D eigenvalue weighted by atomic mass is 16.6. The molecule has 0 saturated heterocycles. The number of urea groups is 2. The van der Waals surface area contributed by atoms with Gasteiger partial charge in [0.15, 0.2) is 0 Å². The van der Waals surface area contributed by atoms with Gasteiger partial charge < -0.3 is 50.7 Å². The number of azo groups is 1. The zero-order chi connectivity index (χ0) is 53.1. The monoisotopic (exact) mass is 1000 g/mol. The molecule has 8 N–H and O–H groups in total. The van der Waals surface area contributed by atoms with E-state index >= 15 is 0 Å². The molecule has 1 heterocycles. The summed E-state index contributed by atoms with van der Waals surface area (Å²) in [6.45, 7) is 19.8. The fourth-order valence-electron chi connectivity index (χ4n) is 7.53. The molecule has 2 atom stereocenters. The minimum atomic E-state index is -0.568. The summed E-state index contributed by atoms with van der Waals surface area (Å²) in [5.41, 5.74) is 2.35. The van der Waals surface area contributed by atoms with Gasteiger partial charge in [0, 0.05) is 49.3 Å². The van der Waals surface area contributed by atoms with Gasteiger partial charge in [-0.2, -0.15) is 20.2 Å². The quantitative estimate of drug-likeness (QED) is 0.0157. The number of guanidine groups is 1. The number of hydrogen-bond donors (Lipinski definition) is 8. The Morgan fingerprint density at radius 3 is 1.78 bits per heavy atom. The Labute approximate surface area is 422 Å². The highest BCUT2D eigenvalue weighted by Gasteiger charge is 2.24. The van der Waals surface area contributed by atoms with Gasteiger partial charge in [-0.25, -0.2) is 19.2 Å². The first kappa shape index (κ1) is 58.8. The molecular formula is C50H75N13O9. The number of hydrogen-bond acceptors (Lipinski definition) is 13. The van der Waals surface area contributed by atoms with Crippen LogP contribution in [0.2, 0.25) is 0 Å². The van der Waals surface area contributed by atoms with Crippen LogP contribution >= 0.6 is 0 Å². The van der Waals surface area contributed by atoms with E-state index in [0.717, 1.165) is 24.2 Å². The molecule has 22 nitrogen and oxygen atoms in total. The van der Waals surface area contributed by atoms with Crippen molar-refractivity contribution in [2.45, 2.75) is 88.0 Å². The Bertz CT molecular complexity index is 2350. The van der Waals surface area contributed by atoms with Crippen molar-refractivity contribution in [1.29, 1.82) is 0 Å². The first-order valence-corrected chi connectivity index (χ1v) is 24.0. The molecule has 0 aliphatic rings. The number of allylic oxidation sites excluding steroid dienone is 2. The van der Waals surface area contributed by atoms with Crippen molar-refractivity contribution in [3.8, 4) is 5.75 Å². The van der Waals surface area contributed by atoms with Crippen molar-refractivity contribution in [2.24, 2.45) is 37.9 Å². The van der Waals surface area contributed by atoms with Crippen LogP contribution in [0.5, 0.6) is 5.75 Å². The van der Waals surface area contributed by atoms with Crippen molar-refractivity contribution in [3.05, 3.63) is 82.4 Å². The number of aromatic amines is 1. The van der Waals surface area contributed by atoms with E-state index in [4.69, 9.17) is 14.2 Å². The van der Waals surface area contributed by atoms with Crippen molar-refractivity contribution in [1.82, 2.24) is 41.9 Å². The third-order valence-corrected chi connectivity index (χ3v) is 11.1. The van der Waals surface area contributed by atoms with Crippen LogP contribution in [0, 0.1) is 29.6 Å². The topological polar surface area (TPSA) is 283 Å². The average Bonchev–Trinajstić information content (AvgIpc) is 3.31. The first-order valence-electron chi connectivity index (χ1n) is 24.0. The molecule has 0 spiro atoms. The lowest BCUT2D eigenvalue weighted by Gasteiger charge is -2.29. The predicted octanol–water partition coefficient (Wildman–Crippen LogP) is 7.79. The predicted molar refractivity (Wildman–Crippen MR) is 278 cm³/mol. The molecule has 0 radical (unpaired) electrons. The normalized spacial score (nSPS) is 12.8. The first-order chi connectivity index (χ1) is 34.2. The zero-order valence-corrected chi connectivity index (χ0v) is 43.4. The van der Waals surface area contributed by atoms with Gasteiger partial charge in [0.2, 0.25) is 18.3 Å². The second kappa shape index (κ2) is 30.3. The Kier molecular flexibility index (Phi) is 24.7. The van der Waals surface area contributed by atoms with E-state index in [1.54, 1.807) is 51.3 Å². The van der Waals surface area contributed by atoms with Gasteiger partial charge in [-0.1, -0.05) is 47.6 Å². The van der Waals surface area contributed by atoms with E-state index < -0.39 is 29.8 Å². The molecule has 72 heavy (non-hydrogen) atoms. The summed E-state index contributed by atoms with van der Waals surface area (Å²) in [4.78, 5) is 85.2. The second-order valence-corrected chi connectivity index (χ2v) is 19.1. The number of nitrogens with one attached hydrogen (secondary N) is 8. The lowest BCUT2D eigenvalue weighted by atomic mass is 9.82. The highest BCUT2D eigenvalue weighted by Crippen LogP contribution is 2.28. The molecule has 22 heteroatoms. The maximum absolute atomic E-state index is 12.9. The number of anilines is 2. The smallest absolute Gasteiger partial charge is 0.407 e. The number of ether oxygens (including phenoxy) is 3. The summed E-state index contributed by atoms with van der Waals surface area (Å²) in [5.74, 6) is 1.23. The highest BCUT2D eigenvalue weighted by molar-refractivity contribution is 5.99. The van der Waals surface area contributed by atoms with Crippen LogP contribution in [0.4, 0.5) is 42.2 Å². The van der Waals surface area contributed by atoms with Crippen molar-refractivity contribution >= 4 is 59.6 Å². The zero-order valence-electron chi connectivity index (χ0n) is 43.4. The van der Waals surface area contributed by atoms with Gasteiger partial charge >= 0.3 is 24.2 Å². The third-order valence-electron chi connectivity index (χ3n) is 11.1. The van der Waals surface area contributed by atoms with Gasteiger partial charge in [0.05, 0.1) is 31.6 Å². The number of carbonyl (C=O) groups excluding carboxylic acids is 5. The Hall–Kier alpha value is -7.52. The third kappa shape index (κ3) is 24.4. The Balaban J connectivity index is 1.49. The summed E-state index contributed by atoms with van der Waals surface area (Å²) in [7, 11) is 1.60. The average molecular weight is 1000 g/mol. The van der Waals surface area contributed by atoms with E-state index in [1.807, 2.05) is 63.8 Å². The summed E-state index contributed by atoms with van der Waals surface area (Å²) >= 11 is 0. The van der Waals surface area contributed by atoms with E-state index in [9.17, 15) is 28.8 Å². The second-order valence-electron chi connectivity index (χ2n) is 19.1. The van der Waals surface area contributed by atoms with Gasteiger partial charge in [0.1, 0.15) is 19.0 Å². The fraction of sp³-hybridized carbons (Fsp3) is 0.520. The maximum Gasteiger partial charge on any atom is 0.407 e. The minimum absolute atomic E-state index is 0.0253. The number of aliphatic imine (C=N–C) groups is 1. The number of amides is 7. The molecule has 3 rings (SSSR count). The van der Waals surface area contributed by atoms with Crippen LogP contribution in [0.1, 0.15) is 86.8 Å². The van der Waals surface area contributed by atoms with E-state index in [0.29, 0.717) is 81.3 Å². The summed E-state index contributed by atoms with van der Waals surface area (Å²) in [6.07, 6.45) is 3.86. The number of rotatable bonds is 27.